The minimum atomic E-state index is -0.185. The average molecular weight is 482 g/mol. The summed E-state index contributed by atoms with van der Waals surface area (Å²) in [6, 6.07) is 0. The van der Waals surface area contributed by atoms with Gasteiger partial charge in [0.1, 0.15) is 0 Å². The lowest BCUT2D eigenvalue weighted by molar-refractivity contribution is -0.0680. The molecule has 172 valence electrons. The summed E-state index contributed by atoms with van der Waals surface area (Å²) in [4.78, 5) is 0. The standard InChI is InChI=1S/C27H45BrO2/c1-17(24(30)12-13-25(2,3)28)21-8-9-22-20-7-6-18-16-19(29)10-14-26(18,4)23(20)11-15-27(21,22)5/h6,17,19-24,29-30H,7-16H2,1-5H3/t17-,19?,20-,21+,22-,23-,24?,26-,27+/m0/s1. The van der Waals surface area contributed by atoms with E-state index in [0.717, 1.165) is 43.4 Å². The molecule has 0 heterocycles. The molecule has 2 N–H and O–H groups in total. The second-order valence-electron chi connectivity index (χ2n) is 12.6. The van der Waals surface area contributed by atoms with Gasteiger partial charge in [0.25, 0.3) is 0 Å². The van der Waals surface area contributed by atoms with Crippen LogP contribution in [0.1, 0.15) is 98.8 Å². The van der Waals surface area contributed by atoms with E-state index in [0.29, 0.717) is 22.7 Å². The second kappa shape index (κ2) is 8.17. The Morgan fingerprint density at radius 2 is 1.87 bits per heavy atom. The van der Waals surface area contributed by atoms with E-state index < -0.39 is 0 Å². The van der Waals surface area contributed by atoms with Crippen molar-refractivity contribution in [1.82, 2.24) is 0 Å². The zero-order valence-electron chi connectivity index (χ0n) is 20.0. The average Bonchev–Trinajstić information content (AvgIpc) is 3.02. The molecule has 0 bridgehead atoms. The van der Waals surface area contributed by atoms with E-state index in [1.165, 1.54) is 38.5 Å². The first-order chi connectivity index (χ1) is 14.0. The first-order valence-corrected chi connectivity index (χ1v) is 13.5. The molecule has 30 heavy (non-hydrogen) atoms. The minimum absolute atomic E-state index is 0.113. The van der Waals surface area contributed by atoms with Crippen molar-refractivity contribution in [2.75, 3.05) is 0 Å². The van der Waals surface area contributed by atoms with Gasteiger partial charge in [-0.15, -0.1) is 0 Å². The van der Waals surface area contributed by atoms with Gasteiger partial charge in [-0.2, -0.15) is 0 Å². The van der Waals surface area contributed by atoms with Gasteiger partial charge in [0.15, 0.2) is 0 Å². The Bertz CT molecular complexity index is 666. The van der Waals surface area contributed by atoms with E-state index in [1.807, 2.05) is 0 Å². The molecule has 4 aliphatic carbocycles. The highest BCUT2D eigenvalue weighted by atomic mass is 79.9. The van der Waals surface area contributed by atoms with Gasteiger partial charge >= 0.3 is 0 Å². The fourth-order valence-electron chi connectivity index (χ4n) is 8.57. The number of halogens is 1. The monoisotopic (exact) mass is 480 g/mol. The Balaban J connectivity index is 1.50. The molecule has 0 aromatic carbocycles. The van der Waals surface area contributed by atoms with Crippen LogP contribution in [0.15, 0.2) is 11.6 Å². The van der Waals surface area contributed by atoms with Crippen LogP contribution in [0.2, 0.25) is 0 Å². The Morgan fingerprint density at radius 3 is 2.57 bits per heavy atom. The highest BCUT2D eigenvalue weighted by Crippen LogP contribution is 2.67. The molecule has 0 aliphatic heterocycles. The van der Waals surface area contributed by atoms with E-state index in [9.17, 15) is 10.2 Å². The number of fused-ring (bicyclic) bond motifs is 5. The van der Waals surface area contributed by atoms with Crippen molar-refractivity contribution in [2.24, 2.45) is 40.4 Å². The second-order valence-corrected chi connectivity index (χ2v) is 14.7. The third-order valence-electron chi connectivity index (χ3n) is 10.4. The summed E-state index contributed by atoms with van der Waals surface area (Å²) >= 11 is 3.75. The van der Waals surface area contributed by atoms with Gasteiger partial charge in [-0.05, 0) is 105 Å². The molecule has 3 fully saturated rings. The maximum absolute atomic E-state index is 11.0. The predicted octanol–water partition coefficient (Wildman–Crippen LogP) is 6.88. The summed E-state index contributed by atoms with van der Waals surface area (Å²) in [5, 5.41) is 21.3. The van der Waals surface area contributed by atoms with Crippen molar-refractivity contribution >= 4 is 15.9 Å². The van der Waals surface area contributed by atoms with Crippen molar-refractivity contribution in [3.8, 4) is 0 Å². The van der Waals surface area contributed by atoms with Gasteiger partial charge in [0.05, 0.1) is 12.2 Å². The Labute approximate surface area is 193 Å². The van der Waals surface area contributed by atoms with Crippen LogP contribution in [-0.2, 0) is 0 Å². The van der Waals surface area contributed by atoms with Crippen LogP contribution in [0, 0.1) is 40.4 Å². The highest BCUT2D eigenvalue weighted by Gasteiger charge is 2.59. The zero-order valence-corrected chi connectivity index (χ0v) is 21.5. The predicted molar refractivity (Wildman–Crippen MR) is 129 cm³/mol. The van der Waals surface area contributed by atoms with Gasteiger partial charge in [0, 0.05) is 4.32 Å². The topological polar surface area (TPSA) is 40.5 Å². The summed E-state index contributed by atoms with van der Waals surface area (Å²) in [7, 11) is 0. The summed E-state index contributed by atoms with van der Waals surface area (Å²) in [6.45, 7) is 11.8. The van der Waals surface area contributed by atoms with Gasteiger partial charge in [-0.3, -0.25) is 0 Å². The first-order valence-electron chi connectivity index (χ1n) is 12.7. The first kappa shape index (κ1) is 23.3. The smallest absolute Gasteiger partial charge is 0.0577 e. The minimum Gasteiger partial charge on any atom is -0.393 e. The van der Waals surface area contributed by atoms with Crippen LogP contribution >= 0.6 is 15.9 Å². The van der Waals surface area contributed by atoms with Crippen molar-refractivity contribution in [3.05, 3.63) is 11.6 Å². The largest absolute Gasteiger partial charge is 0.393 e. The van der Waals surface area contributed by atoms with Crippen molar-refractivity contribution < 1.29 is 10.2 Å². The van der Waals surface area contributed by atoms with Crippen LogP contribution in [0.25, 0.3) is 0 Å². The van der Waals surface area contributed by atoms with Crippen LogP contribution in [0.5, 0.6) is 0 Å². The summed E-state index contributed by atoms with van der Waals surface area (Å²) < 4.78 is 0.114. The number of allylic oxidation sites excluding steroid dienone is 1. The molecule has 9 atom stereocenters. The zero-order chi connectivity index (χ0) is 21.9. The molecule has 0 saturated heterocycles. The molecule has 0 radical (unpaired) electrons. The lowest BCUT2D eigenvalue weighted by atomic mass is 9.47. The van der Waals surface area contributed by atoms with Crippen molar-refractivity contribution in [2.45, 2.75) is 115 Å². The normalized spacial score (nSPS) is 45.7. The molecule has 0 aromatic rings. The van der Waals surface area contributed by atoms with Crippen molar-refractivity contribution in [3.63, 3.8) is 0 Å². The quantitative estimate of drug-likeness (QED) is 0.332. The lowest BCUT2D eigenvalue weighted by Crippen LogP contribution is -2.51. The maximum atomic E-state index is 11.0. The van der Waals surface area contributed by atoms with Gasteiger partial charge < -0.3 is 10.2 Å². The molecule has 0 amide bonds. The van der Waals surface area contributed by atoms with Crippen LogP contribution in [0.3, 0.4) is 0 Å². The van der Waals surface area contributed by atoms with E-state index in [-0.39, 0.29) is 16.5 Å². The fraction of sp³-hybridized carbons (Fsp3) is 0.926. The molecule has 4 rings (SSSR count). The molecule has 2 nitrogen and oxygen atoms in total. The third-order valence-corrected chi connectivity index (χ3v) is 10.8. The summed E-state index contributed by atoms with van der Waals surface area (Å²) in [5.41, 5.74) is 2.29. The van der Waals surface area contributed by atoms with E-state index >= 15 is 0 Å². The Morgan fingerprint density at radius 1 is 1.13 bits per heavy atom. The van der Waals surface area contributed by atoms with E-state index in [4.69, 9.17) is 0 Å². The maximum Gasteiger partial charge on any atom is 0.0577 e. The summed E-state index contributed by atoms with van der Waals surface area (Å²) in [5.74, 6) is 3.47. The molecule has 0 spiro atoms. The molecule has 3 saturated carbocycles. The van der Waals surface area contributed by atoms with Crippen molar-refractivity contribution in [1.29, 1.82) is 0 Å². The Kier molecular flexibility index (Phi) is 6.35. The number of aliphatic hydroxyl groups excluding tert-OH is 2. The van der Waals surface area contributed by atoms with Gasteiger partial charge in [-0.1, -0.05) is 62.2 Å². The highest BCUT2D eigenvalue weighted by molar-refractivity contribution is 9.10. The van der Waals surface area contributed by atoms with Crippen LogP contribution < -0.4 is 0 Å². The van der Waals surface area contributed by atoms with E-state index in [1.54, 1.807) is 5.57 Å². The number of aliphatic hydroxyl groups is 2. The Hall–Kier alpha value is 0.140. The molecule has 3 heteroatoms. The van der Waals surface area contributed by atoms with Crippen LogP contribution in [0.4, 0.5) is 0 Å². The molecule has 2 unspecified atom stereocenters. The van der Waals surface area contributed by atoms with Gasteiger partial charge in [-0.25, -0.2) is 0 Å². The number of rotatable bonds is 5. The summed E-state index contributed by atoms with van der Waals surface area (Å²) in [6.07, 6.45) is 13.8. The SMILES string of the molecule is C[C@H](C(O)CCC(C)(C)Br)[C@H]1CC[C@H]2[C@@H]3CC=C4CC(O)CC[C@]4(C)[C@H]3CC[C@]12C. The third kappa shape index (κ3) is 3.98. The number of alkyl halides is 1. The molecular weight excluding hydrogens is 436 g/mol. The number of hydrogen-bond donors (Lipinski definition) is 2. The van der Waals surface area contributed by atoms with Gasteiger partial charge in [0.2, 0.25) is 0 Å². The molecule has 0 aromatic heterocycles. The fourth-order valence-corrected chi connectivity index (χ4v) is 8.80. The molecular formula is C27H45BrO2. The molecule has 4 aliphatic rings. The van der Waals surface area contributed by atoms with E-state index in [2.05, 4.69) is 56.6 Å². The van der Waals surface area contributed by atoms with Crippen LogP contribution in [-0.4, -0.2) is 26.7 Å². The number of hydrogen-bond acceptors (Lipinski definition) is 2. The lowest BCUT2D eigenvalue weighted by Gasteiger charge is -2.58.